The largest absolute Gasteiger partial charge is 0.394 e. The first kappa shape index (κ1) is 15.8. The summed E-state index contributed by atoms with van der Waals surface area (Å²) < 4.78 is 15.5. The number of rotatable bonds is 9. The van der Waals surface area contributed by atoms with Crippen molar-refractivity contribution < 1.29 is 24.4 Å². The molecule has 0 saturated carbocycles. The highest BCUT2D eigenvalue weighted by Crippen LogP contribution is 2.10. The first-order valence-corrected chi connectivity index (χ1v) is 5.26. The van der Waals surface area contributed by atoms with E-state index in [0.717, 1.165) is 0 Å². The molecular formula is C10H23NO5. The van der Waals surface area contributed by atoms with Crippen LogP contribution in [0.2, 0.25) is 0 Å². The zero-order valence-corrected chi connectivity index (χ0v) is 10.1. The molecule has 0 saturated heterocycles. The molecule has 0 aromatic heterocycles. The minimum absolute atomic E-state index is 0.0526. The molecule has 4 unspecified atom stereocenters. The van der Waals surface area contributed by atoms with Gasteiger partial charge in [0.15, 0.2) is 0 Å². The van der Waals surface area contributed by atoms with Crippen molar-refractivity contribution in [3.8, 4) is 0 Å². The Morgan fingerprint density at radius 3 is 2.31 bits per heavy atom. The lowest BCUT2D eigenvalue weighted by molar-refractivity contribution is -0.146. The average molecular weight is 237 g/mol. The van der Waals surface area contributed by atoms with E-state index in [1.165, 1.54) is 7.11 Å². The normalized spacial score (nSPS) is 19.1. The molecule has 0 aliphatic heterocycles. The summed E-state index contributed by atoms with van der Waals surface area (Å²) in [6, 6.07) is 0. The van der Waals surface area contributed by atoms with Gasteiger partial charge in [-0.25, -0.2) is 0 Å². The van der Waals surface area contributed by atoms with E-state index in [2.05, 4.69) is 0 Å². The Morgan fingerprint density at radius 2 is 1.94 bits per heavy atom. The molecule has 0 aliphatic carbocycles. The highest BCUT2D eigenvalue weighted by molar-refractivity contribution is 4.79. The van der Waals surface area contributed by atoms with Crippen LogP contribution in [-0.4, -0.2) is 68.6 Å². The lowest BCUT2D eigenvalue weighted by atomic mass is 10.1. The van der Waals surface area contributed by atoms with Crippen molar-refractivity contribution in [1.82, 2.24) is 0 Å². The summed E-state index contributed by atoms with van der Waals surface area (Å²) in [7, 11) is 3.01. The molecular weight excluding hydrogens is 214 g/mol. The predicted molar refractivity (Wildman–Crippen MR) is 59.2 cm³/mol. The van der Waals surface area contributed by atoms with E-state index in [1.807, 2.05) is 6.92 Å². The van der Waals surface area contributed by atoms with E-state index in [0.29, 0.717) is 6.61 Å². The number of methoxy groups -OCH3 is 2. The molecule has 98 valence electrons. The molecule has 0 aromatic rings. The van der Waals surface area contributed by atoms with Crippen molar-refractivity contribution in [3.05, 3.63) is 0 Å². The predicted octanol–water partition coefficient (Wildman–Crippen LogP) is -1.27. The molecule has 6 heteroatoms. The molecule has 4 atom stereocenters. The minimum Gasteiger partial charge on any atom is -0.394 e. The highest BCUT2D eigenvalue weighted by atomic mass is 16.6. The fraction of sp³-hybridized carbons (Fsp3) is 1.00. The van der Waals surface area contributed by atoms with E-state index >= 15 is 0 Å². The molecule has 0 fully saturated rings. The second-order valence-corrected chi connectivity index (χ2v) is 3.63. The van der Waals surface area contributed by atoms with Gasteiger partial charge in [0, 0.05) is 20.8 Å². The van der Waals surface area contributed by atoms with E-state index < -0.39 is 18.3 Å². The van der Waals surface area contributed by atoms with Crippen LogP contribution in [0, 0.1) is 0 Å². The maximum absolute atomic E-state index is 9.59. The molecule has 0 rings (SSSR count). The van der Waals surface area contributed by atoms with Crippen LogP contribution in [0.3, 0.4) is 0 Å². The molecule has 0 aromatic carbocycles. The van der Waals surface area contributed by atoms with Crippen LogP contribution in [-0.2, 0) is 14.2 Å². The van der Waals surface area contributed by atoms with Gasteiger partial charge in [0.1, 0.15) is 12.2 Å². The average Bonchev–Trinajstić information content (AvgIpc) is 2.28. The lowest BCUT2D eigenvalue weighted by Gasteiger charge is -2.30. The summed E-state index contributed by atoms with van der Waals surface area (Å²) >= 11 is 0. The molecule has 0 heterocycles. The second-order valence-electron chi connectivity index (χ2n) is 3.63. The van der Waals surface area contributed by atoms with E-state index in [1.54, 1.807) is 7.11 Å². The summed E-state index contributed by atoms with van der Waals surface area (Å²) in [5.74, 6) is 0. The third-order valence-corrected chi connectivity index (χ3v) is 2.25. The number of hydrogen-bond donors (Lipinski definition) is 3. The van der Waals surface area contributed by atoms with Crippen LogP contribution < -0.4 is 5.73 Å². The Kier molecular flexibility index (Phi) is 8.73. The van der Waals surface area contributed by atoms with Crippen LogP contribution in [0.4, 0.5) is 0 Å². The number of nitrogens with two attached hydrogens (primary N) is 1. The fourth-order valence-corrected chi connectivity index (χ4v) is 1.49. The van der Waals surface area contributed by atoms with Crippen molar-refractivity contribution in [2.75, 3.05) is 34.0 Å². The minimum atomic E-state index is -0.864. The fourth-order valence-electron chi connectivity index (χ4n) is 1.49. The Labute approximate surface area is 96.3 Å². The quantitative estimate of drug-likeness (QED) is 0.463. The van der Waals surface area contributed by atoms with Gasteiger partial charge >= 0.3 is 0 Å². The smallest absolute Gasteiger partial charge is 0.113 e. The van der Waals surface area contributed by atoms with Crippen LogP contribution in [0.5, 0.6) is 0 Å². The molecule has 0 radical (unpaired) electrons. The van der Waals surface area contributed by atoms with Crippen molar-refractivity contribution in [1.29, 1.82) is 0 Å². The third kappa shape index (κ3) is 5.20. The molecule has 0 spiro atoms. The van der Waals surface area contributed by atoms with Gasteiger partial charge in [0.2, 0.25) is 0 Å². The highest BCUT2D eigenvalue weighted by Gasteiger charge is 2.29. The van der Waals surface area contributed by atoms with E-state index in [-0.39, 0.29) is 19.3 Å². The maximum Gasteiger partial charge on any atom is 0.113 e. The molecule has 0 amide bonds. The van der Waals surface area contributed by atoms with Gasteiger partial charge in [0.25, 0.3) is 0 Å². The lowest BCUT2D eigenvalue weighted by Crippen LogP contribution is -2.47. The van der Waals surface area contributed by atoms with Gasteiger partial charge < -0.3 is 30.2 Å². The summed E-state index contributed by atoms with van der Waals surface area (Å²) in [6.07, 6.45) is -2.32. The molecule has 16 heavy (non-hydrogen) atoms. The summed E-state index contributed by atoms with van der Waals surface area (Å²) in [5, 5.41) is 18.8. The number of aliphatic hydroxyl groups is 2. The zero-order valence-electron chi connectivity index (χ0n) is 10.1. The Hall–Kier alpha value is -0.240. The SMILES string of the molecule is COCC(C)OC(CO)C(OC)C(O)CN. The van der Waals surface area contributed by atoms with Crippen molar-refractivity contribution in [2.45, 2.75) is 31.3 Å². The molecule has 4 N–H and O–H groups in total. The molecule has 0 aliphatic rings. The maximum atomic E-state index is 9.59. The number of hydrogen-bond acceptors (Lipinski definition) is 6. The first-order valence-electron chi connectivity index (χ1n) is 5.26. The first-order chi connectivity index (χ1) is 7.60. The van der Waals surface area contributed by atoms with Gasteiger partial charge in [-0.2, -0.15) is 0 Å². The van der Waals surface area contributed by atoms with Gasteiger partial charge in [-0.15, -0.1) is 0 Å². The van der Waals surface area contributed by atoms with Crippen molar-refractivity contribution >= 4 is 0 Å². The van der Waals surface area contributed by atoms with Crippen LogP contribution in [0.15, 0.2) is 0 Å². The Balaban J connectivity index is 4.31. The number of ether oxygens (including phenoxy) is 3. The van der Waals surface area contributed by atoms with Crippen LogP contribution in [0.1, 0.15) is 6.92 Å². The van der Waals surface area contributed by atoms with Gasteiger partial charge in [-0.3, -0.25) is 0 Å². The summed E-state index contributed by atoms with van der Waals surface area (Å²) in [6.45, 7) is 2.03. The molecule has 6 nitrogen and oxygen atoms in total. The van der Waals surface area contributed by atoms with Gasteiger partial charge in [0.05, 0.1) is 25.4 Å². The van der Waals surface area contributed by atoms with Crippen LogP contribution in [0.25, 0.3) is 0 Å². The molecule has 0 bridgehead atoms. The Morgan fingerprint density at radius 1 is 1.31 bits per heavy atom. The van der Waals surface area contributed by atoms with E-state index in [9.17, 15) is 10.2 Å². The monoisotopic (exact) mass is 237 g/mol. The third-order valence-electron chi connectivity index (χ3n) is 2.25. The summed E-state index contributed by atoms with van der Waals surface area (Å²) in [5.41, 5.74) is 5.34. The van der Waals surface area contributed by atoms with Gasteiger partial charge in [-0.1, -0.05) is 0 Å². The van der Waals surface area contributed by atoms with Crippen molar-refractivity contribution in [3.63, 3.8) is 0 Å². The topological polar surface area (TPSA) is 94.2 Å². The van der Waals surface area contributed by atoms with Crippen molar-refractivity contribution in [2.24, 2.45) is 5.73 Å². The van der Waals surface area contributed by atoms with E-state index in [4.69, 9.17) is 19.9 Å². The standard InChI is InChI=1S/C10H23NO5/c1-7(6-14-2)16-9(5-12)10(15-3)8(13)4-11/h7-10,12-13H,4-6,11H2,1-3H3. The van der Waals surface area contributed by atoms with Gasteiger partial charge in [-0.05, 0) is 6.92 Å². The number of aliphatic hydroxyl groups excluding tert-OH is 2. The second kappa shape index (κ2) is 8.86. The zero-order chi connectivity index (χ0) is 12.6. The van der Waals surface area contributed by atoms with Crippen LogP contribution >= 0.6 is 0 Å². The summed E-state index contributed by atoms with van der Waals surface area (Å²) in [4.78, 5) is 0. The Bertz CT molecular complexity index is 169.